The van der Waals surface area contributed by atoms with E-state index in [0.29, 0.717) is 11.7 Å². The molecule has 1 atom stereocenters. The van der Waals surface area contributed by atoms with Gasteiger partial charge in [-0.15, -0.1) is 11.8 Å². The molecule has 1 aromatic rings. The third-order valence-electron chi connectivity index (χ3n) is 2.57. The van der Waals surface area contributed by atoms with Crippen LogP contribution in [-0.2, 0) is 11.3 Å². The summed E-state index contributed by atoms with van der Waals surface area (Å²) >= 11 is 1.59. The van der Waals surface area contributed by atoms with Crippen LogP contribution < -0.4 is 0 Å². The van der Waals surface area contributed by atoms with Gasteiger partial charge in [-0.05, 0) is 36.6 Å². The van der Waals surface area contributed by atoms with Crippen molar-refractivity contribution in [3.05, 3.63) is 29.6 Å². The van der Waals surface area contributed by atoms with E-state index in [9.17, 15) is 4.39 Å². The average molecular weight is 242 g/mol. The molecule has 1 heterocycles. The van der Waals surface area contributed by atoms with Gasteiger partial charge in [0.1, 0.15) is 5.82 Å². The largest absolute Gasteiger partial charge is 0.392 e. The number of hydrogen-bond donors (Lipinski definition) is 1. The zero-order chi connectivity index (χ0) is 11.4. The molecule has 1 unspecified atom stereocenters. The van der Waals surface area contributed by atoms with E-state index >= 15 is 0 Å². The fraction of sp³-hybridized carbons (Fsp3) is 0.500. The lowest BCUT2D eigenvalue weighted by atomic mass is 10.2. The predicted octanol–water partition coefficient (Wildman–Crippen LogP) is 2.59. The number of hydrogen-bond acceptors (Lipinski definition) is 3. The monoisotopic (exact) mass is 242 g/mol. The number of ether oxygens (including phenoxy) is 1. The van der Waals surface area contributed by atoms with E-state index in [1.165, 1.54) is 12.1 Å². The summed E-state index contributed by atoms with van der Waals surface area (Å²) in [5.74, 6) is 0.565. The lowest BCUT2D eigenvalue weighted by Gasteiger charge is -2.09. The van der Waals surface area contributed by atoms with E-state index in [4.69, 9.17) is 9.84 Å². The summed E-state index contributed by atoms with van der Waals surface area (Å²) < 4.78 is 18.7. The number of rotatable bonds is 4. The van der Waals surface area contributed by atoms with Crippen LogP contribution in [-0.4, -0.2) is 23.6 Å². The van der Waals surface area contributed by atoms with E-state index in [2.05, 4.69) is 0 Å². The van der Waals surface area contributed by atoms with Gasteiger partial charge in [0.25, 0.3) is 0 Å². The molecule has 2 rings (SSSR count). The molecule has 2 nitrogen and oxygen atoms in total. The molecule has 0 aromatic heterocycles. The molecule has 1 N–H and O–H groups in total. The fourth-order valence-corrected chi connectivity index (χ4v) is 2.83. The van der Waals surface area contributed by atoms with Gasteiger partial charge in [-0.3, -0.25) is 0 Å². The molecule has 0 radical (unpaired) electrons. The minimum absolute atomic E-state index is 0.120. The van der Waals surface area contributed by atoms with Gasteiger partial charge in [-0.25, -0.2) is 4.39 Å². The quantitative estimate of drug-likeness (QED) is 0.823. The molecule has 1 aromatic carbocycles. The molecule has 4 heteroatoms. The summed E-state index contributed by atoms with van der Waals surface area (Å²) in [5, 5.41) is 8.97. The zero-order valence-electron chi connectivity index (χ0n) is 8.99. The van der Waals surface area contributed by atoms with E-state index in [1.54, 1.807) is 11.8 Å². The molecule has 0 bridgehead atoms. The molecular weight excluding hydrogens is 227 g/mol. The summed E-state index contributed by atoms with van der Waals surface area (Å²) in [4.78, 5) is 0.861. The number of aliphatic hydroxyl groups is 1. The van der Waals surface area contributed by atoms with Crippen LogP contribution in [0.5, 0.6) is 0 Å². The normalized spacial score (nSPS) is 20.2. The molecule has 1 fully saturated rings. The van der Waals surface area contributed by atoms with Crippen molar-refractivity contribution >= 4 is 11.8 Å². The van der Waals surface area contributed by atoms with Crippen molar-refractivity contribution in [3.8, 4) is 0 Å². The maximum Gasteiger partial charge on any atom is 0.124 e. The first-order chi connectivity index (χ1) is 7.78. The Kier molecular flexibility index (Phi) is 4.21. The first-order valence-corrected chi connectivity index (χ1v) is 6.41. The molecule has 1 aliphatic rings. The van der Waals surface area contributed by atoms with Crippen molar-refractivity contribution in [1.29, 1.82) is 0 Å². The predicted molar refractivity (Wildman–Crippen MR) is 62.0 cm³/mol. The minimum Gasteiger partial charge on any atom is -0.392 e. The summed E-state index contributed by atoms with van der Waals surface area (Å²) in [6.07, 6.45) is 2.51. The number of aliphatic hydroxyl groups excluding tert-OH is 1. The van der Waals surface area contributed by atoms with E-state index in [1.807, 2.05) is 6.07 Å². The second-order valence-electron chi connectivity index (χ2n) is 3.90. The fourth-order valence-electron chi connectivity index (χ4n) is 1.76. The standard InChI is InChI=1S/C12H15FO2S/c13-10-4-9(7-14)5-12(6-10)16-8-11-2-1-3-15-11/h4-6,11,14H,1-3,7-8H2. The minimum atomic E-state index is -0.290. The Hall–Kier alpha value is -0.580. The summed E-state index contributed by atoms with van der Waals surface area (Å²) in [7, 11) is 0. The summed E-state index contributed by atoms with van der Waals surface area (Å²) in [5.41, 5.74) is 0.620. The maximum atomic E-state index is 13.2. The van der Waals surface area contributed by atoms with Crippen LogP contribution in [0.1, 0.15) is 18.4 Å². The van der Waals surface area contributed by atoms with Crippen LogP contribution in [0.2, 0.25) is 0 Å². The highest BCUT2D eigenvalue weighted by Gasteiger charge is 2.15. The SMILES string of the molecule is OCc1cc(F)cc(SCC2CCCO2)c1. The van der Waals surface area contributed by atoms with Gasteiger partial charge in [0, 0.05) is 17.3 Å². The molecule has 0 saturated carbocycles. The van der Waals surface area contributed by atoms with Gasteiger partial charge >= 0.3 is 0 Å². The van der Waals surface area contributed by atoms with Gasteiger partial charge in [0.05, 0.1) is 12.7 Å². The van der Waals surface area contributed by atoms with Crippen molar-refractivity contribution in [2.45, 2.75) is 30.4 Å². The smallest absolute Gasteiger partial charge is 0.124 e. The van der Waals surface area contributed by atoms with Crippen LogP contribution in [0.15, 0.2) is 23.1 Å². The van der Waals surface area contributed by atoms with Crippen LogP contribution >= 0.6 is 11.8 Å². The molecule has 88 valence electrons. The van der Waals surface area contributed by atoms with Crippen molar-refractivity contribution in [3.63, 3.8) is 0 Å². The topological polar surface area (TPSA) is 29.5 Å². The Morgan fingerprint density at radius 3 is 3.00 bits per heavy atom. The molecule has 16 heavy (non-hydrogen) atoms. The molecule has 0 amide bonds. The number of benzene rings is 1. The Morgan fingerprint density at radius 1 is 1.44 bits per heavy atom. The third-order valence-corrected chi connectivity index (χ3v) is 3.68. The lowest BCUT2D eigenvalue weighted by molar-refractivity contribution is 0.129. The van der Waals surface area contributed by atoms with Crippen molar-refractivity contribution < 1.29 is 14.2 Å². The van der Waals surface area contributed by atoms with E-state index in [-0.39, 0.29) is 12.4 Å². The van der Waals surface area contributed by atoms with E-state index < -0.39 is 0 Å². The summed E-state index contributed by atoms with van der Waals surface area (Å²) in [6.45, 7) is 0.724. The van der Waals surface area contributed by atoms with Crippen LogP contribution in [0.25, 0.3) is 0 Å². The Morgan fingerprint density at radius 2 is 2.31 bits per heavy atom. The van der Waals surface area contributed by atoms with Crippen LogP contribution in [0, 0.1) is 5.82 Å². The Labute approximate surface area is 98.8 Å². The highest BCUT2D eigenvalue weighted by molar-refractivity contribution is 7.99. The third kappa shape index (κ3) is 3.20. The van der Waals surface area contributed by atoms with Crippen molar-refractivity contribution in [2.24, 2.45) is 0 Å². The maximum absolute atomic E-state index is 13.2. The van der Waals surface area contributed by atoms with Gasteiger partial charge in [0.15, 0.2) is 0 Å². The molecular formula is C12H15FO2S. The number of thioether (sulfide) groups is 1. The average Bonchev–Trinajstić information content (AvgIpc) is 2.78. The second-order valence-corrected chi connectivity index (χ2v) is 4.99. The van der Waals surface area contributed by atoms with Gasteiger partial charge in [0.2, 0.25) is 0 Å². The number of halogens is 1. The first-order valence-electron chi connectivity index (χ1n) is 5.42. The molecule has 0 aliphatic carbocycles. The molecule has 1 saturated heterocycles. The molecule has 1 aliphatic heterocycles. The van der Waals surface area contributed by atoms with Gasteiger partial charge < -0.3 is 9.84 Å². The lowest BCUT2D eigenvalue weighted by Crippen LogP contribution is -2.07. The van der Waals surface area contributed by atoms with Crippen LogP contribution in [0.4, 0.5) is 4.39 Å². The van der Waals surface area contributed by atoms with Crippen molar-refractivity contribution in [1.82, 2.24) is 0 Å². The van der Waals surface area contributed by atoms with Gasteiger partial charge in [-0.2, -0.15) is 0 Å². The zero-order valence-corrected chi connectivity index (χ0v) is 9.80. The Bertz CT molecular complexity index is 351. The summed E-state index contributed by atoms with van der Waals surface area (Å²) in [6, 6.07) is 4.68. The molecule has 0 spiro atoms. The first kappa shape index (κ1) is 11.9. The van der Waals surface area contributed by atoms with Gasteiger partial charge in [-0.1, -0.05) is 0 Å². The highest BCUT2D eigenvalue weighted by Crippen LogP contribution is 2.25. The van der Waals surface area contributed by atoms with E-state index in [0.717, 1.165) is 30.1 Å². The second kappa shape index (κ2) is 5.66. The van der Waals surface area contributed by atoms with Crippen molar-refractivity contribution in [2.75, 3.05) is 12.4 Å². The van der Waals surface area contributed by atoms with Crippen LogP contribution in [0.3, 0.4) is 0 Å². The highest BCUT2D eigenvalue weighted by atomic mass is 32.2. The Balaban J connectivity index is 1.94.